The average Bonchev–Trinajstić information content (AvgIpc) is 3.58. The lowest BCUT2D eigenvalue weighted by Crippen LogP contribution is -2.34. The van der Waals surface area contributed by atoms with Crippen LogP contribution < -0.4 is 18.9 Å². The maximum atomic E-state index is 13.0. The summed E-state index contributed by atoms with van der Waals surface area (Å²) in [6, 6.07) is 11.5. The molecule has 0 heterocycles. The summed E-state index contributed by atoms with van der Waals surface area (Å²) in [5.41, 5.74) is 1.71. The number of hydrogen-bond acceptors (Lipinski definition) is 5. The van der Waals surface area contributed by atoms with Crippen molar-refractivity contribution in [1.29, 1.82) is 0 Å². The van der Waals surface area contributed by atoms with Crippen molar-refractivity contribution < 1.29 is 23.7 Å². The molecule has 0 aliphatic heterocycles. The number of amides is 1. The van der Waals surface area contributed by atoms with Gasteiger partial charge in [0.1, 0.15) is 5.75 Å². The summed E-state index contributed by atoms with van der Waals surface area (Å²) in [6.45, 7) is 0.633. The minimum Gasteiger partial charge on any atom is -0.497 e. The molecule has 0 atom stereocenters. The molecule has 0 unspecified atom stereocenters. The Hall–Kier alpha value is -2.89. The maximum Gasteiger partial charge on any atom is 0.254 e. The van der Waals surface area contributed by atoms with Crippen LogP contribution in [0.4, 0.5) is 0 Å². The number of carbonyl (C=O) groups excluding carboxylic acids is 1. The maximum absolute atomic E-state index is 13.0. The van der Waals surface area contributed by atoms with Crippen molar-refractivity contribution in [2.24, 2.45) is 0 Å². The highest BCUT2D eigenvalue weighted by Crippen LogP contribution is 2.38. The van der Waals surface area contributed by atoms with E-state index >= 15 is 0 Å². The Morgan fingerprint density at radius 1 is 0.929 bits per heavy atom. The van der Waals surface area contributed by atoms with E-state index in [1.807, 2.05) is 41.3 Å². The zero-order chi connectivity index (χ0) is 20.1. The van der Waals surface area contributed by atoms with Crippen LogP contribution in [0.25, 0.3) is 0 Å². The summed E-state index contributed by atoms with van der Waals surface area (Å²) in [5.74, 6) is 2.61. The van der Waals surface area contributed by atoms with Gasteiger partial charge >= 0.3 is 0 Å². The summed E-state index contributed by atoms with van der Waals surface area (Å²) in [4.78, 5) is 15.0. The molecule has 1 aliphatic rings. The van der Waals surface area contributed by atoms with Crippen molar-refractivity contribution in [2.75, 3.05) is 35.0 Å². The Kier molecular flexibility index (Phi) is 6.29. The first-order valence-corrected chi connectivity index (χ1v) is 9.35. The van der Waals surface area contributed by atoms with Crippen LogP contribution in [0.5, 0.6) is 23.0 Å². The number of hydrogen-bond donors (Lipinski definition) is 0. The quantitative estimate of drug-likeness (QED) is 0.661. The first kappa shape index (κ1) is 19.9. The van der Waals surface area contributed by atoms with E-state index in [4.69, 9.17) is 18.9 Å². The van der Waals surface area contributed by atoms with Gasteiger partial charge in [0.25, 0.3) is 5.91 Å². The highest BCUT2D eigenvalue weighted by molar-refractivity contribution is 5.94. The van der Waals surface area contributed by atoms with Crippen molar-refractivity contribution in [2.45, 2.75) is 25.3 Å². The highest BCUT2D eigenvalue weighted by atomic mass is 16.5. The Morgan fingerprint density at radius 2 is 1.54 bits per heavy atom. The van der Waals surface area contributed by atoms with Crippen molar-refractivity contribution in [3.63, 3.8) is 0 Å². The molecule has 0 N–H and O–H groups in total. The Morgan fingerprint density at radius 3 is 2.00 bits per heavy atom. The van der Waals surface area contributed by atoms with Gasteiger partial charge in [-0.1, -0.05) is 0 Å². The van der Waals surface area contributed by atoms with Crippen LogP contribution >= 0.6 is 0 Å². The van der Waals surface area contributed by atoms with Crippen molar-refractivity contribution in [1.82, 2.24) is 4.90 Å². The minimum atomic E-state index is 0.0533. The summed E-state index contributed by atoms with van der Waals surface area (Å²) in [7, 11) is 6.41. The number of nitrogens with zero attached hydrogens (tertiary/aromatic N) is 1. The third-order valence-corrected chi connectivity index (χ3v) is 4.95. The summed E-state index contributed by atoms with van der Waals surface area (Å²) in [5, 5.41) is 0. The predicted octanol–water partition coefficient (Wildman–Crippen LogP) is 3.57. The zero-order valence-corrected chi connectivity index (χ0v) is 16.9. The van der Waals surface area contributed by atoms with Crippen LogP contribution in [-0.4, -0.2) is 51.8 Å². The van der Waals surface area contributed by atoms with Crippen LogP contribution in [0, 0.1) is 0 Å². The zero-order valence-electron chi connectivity index (χ0n) is 16.9. The molecule has 3 rings (SSSR count). The molecule has 0 spiro atoms. The van der Waals surface area contributed by atoms with E-state index in [9.17, 15) is 4.79 Å². The lowest BCUT2D eigenvalue weighted by atomic mass is 10.1. The normalized spacial score (nSPS) is 13.0. The summed E-state index contributed by atoms with van der Waals surface area (Å²) in [6.07, 6.45) is 2.81. The van der Waals surface area contributed by atoms with E-state index in [-0.39, 0.29) is 5.91 Å². The Bertz CT molecular complexity index is 789. The molecule has 150 valence electrons. The lowest BCUT2D eigenvalue weighted by molar-refractivity contribution is 0.0745. The molecule has 1 amide bonds. The van der Waals surface area contributed by atoms with Crippen molar-refractivity contribution >= 4 is 5.91 Å². The van der Waals surface area contributed by atoms with Gasteiger partial charge in [-0.05, 0) is 61.2 Å². The van der Waals surface area contributed by atoms with Gasteiger partial charge in [-0.25, -0.2) is 0 Å². The monoisotopic (exact) mass is 385 g/mol. The molecular formula is C22H27NO5. The fraction of sp³-hybridized carbons (Fsp3) is 0.409. The molecule has 1 fully saturated rings. The van der Waals surface area contributed by atoms with Crippen LogP contribution in [0.15, 0.2) is 36.4 Å². The van der Waals surface area contributed by atoms with E-state index in [0.717, 1.165) is 24.2 Å². The largest absolute Gasteiger partial charge is 0.497 e. The second-order valence-electron chi connectivity index (χ2n) is 6.74. The molecule has 0 radical (unpaired) electrons. The molecule has 1 aliphatic carbocycles. The molecule has 1 saturated carbocycles. The van der Waals surface area contributed by atoms with E-state index in [1.54, 1.807) is 28.4 Å². The van der Waals surface area contributed by atoms with Gasteiger partial charge in [0.2, 0.25) is 5.75 Å². The smallest absolute Gasteiger partial charge is 0.254 e. The lowest BCUT2D eigenvalue weighted by Gasteiger charge is -2.23. The van der Waals surface area contributed by atoms with Gasteiger partial charge in [0.05, 0.1) is 28.4 Å². The molecule has 2 aromatic rings. The van der Waals surface area contributed by atoms with Crippen LogP contribution in [-0.2, 0) is 6.42 Å². The van der Waals surface area contributed by atoms with Crippen LogP contribution in [0.2, 0.25) is 0 Å². The van der Waals surface area contributed by atoms with Crippen LogP contribution in [0.3, 0.4) is 0 Å². The Labute approximate surface area is 166 Å². The van der Waals surface area contributed by atoms with E-state index in [1.165, 1.54) is 0 Å². The Balaban J connectivity index is 1.75. The SMILES string of the molecule is COc1ccc(C(=O)N(CCc2cc(OC)c(OC)c(OC)c2)C2CC2)cc1. The summed E-state index contributed by atoms with van der Waals surface area (Å²) >= 11 is 0. The molecule has 6 nitrogen and oxygen atoms in total. The van der Waals surface area contributed by atoms with E-state index < -0.39 is 0 Å². The molecule has 2 aromatic carbocycles. The second-order valence-corrected chi connectivity index (χ2v) is 6.74. The molecule has 28 heavy (non-hydrogen) atoms. The number of methoxy groups -OCH3 is 4. The molecule has 0 saturated heterocycles. The standard InChI is InChI=1S/C22H27NO5/c1-25-18-9-5-16(6-10-18)22(24)23(17-7-8-17)12-11-15-13-19(26-2)21(28-4)20(14-15)27-3/h5-6,9-10,13-14,17H,7-8,11-12H2,1-4H3. The van der Waals surface area contributed by atoms with Crippen molar-refractivity contribution in [3.8, 4) is 23.0 Å². The predicted molar refractivity (Wildman–Crippen MR) is 107 cm³/mol. The number of carbonyl (C=O) groups is 1. The molecule has 0 bridgehead atoms. The van der Waals surface area contributed by atoms with Gasteiger partial charge in [-0.3, -0.25) is 4.79 Å². The highest BCUT2D eigenvalue weighted by Gasteiger charge is 2.32. The minimum absolute atomic E-state index is 0.0533. The molecular weight excluding hydrogens is 358 g/mol. The van der Waals surface area contributed by atoms with Gasteiger partial charge in [-0.2, -0.15) is 0 Å². The number of benzene rings is 2. The third kappa shape index (κ3) is 4.32. The fourth-order valence-corrected chi connectivity index (χ4v) is 3.26. The van der Waals surface area contributed by atoms with E-state index in [2.05, 4.69) is 0 Å². The van der Waals surface area contributed by atoms with Gasteiger partial charge < -0.3 is 23.8 Å². The van der Waals surface area contributed by atoms with Crippen LogP contribution in [0.1, 0.15) is 28.8 Å². The van der Waals surface area contributed by atoms with Gasteiger partial charge in [-0.15, -0.1) is 0 Å². The first-order chi connectivity index (χ1) is 13.6. The average molecular weight is 385 g/mol. The van der Waals surface area contributed by atoms with E-state index in [0.29, 0.717) is 41.8 Å². The topological polar surface area (TPSA) is 57.2 Å². The second kappa shape index (κ2) is 8.87. The van der Waals surface area contributed by atoms with Gasteiger partial charge in [0.15, 0.2) is 11.5 Å². The molecule has 6 heteroatoms. The first-order valence-electron chi connectivity index (χ1n) is 9.35. The number of rotatable bonds is 9. The molecule has 0 aromatic heterocycles. The van der Waals surface area contributed by atoms with Crippen molar-refractivity contribution in [3.05, 3.63) is 47.5 Å². The van der Waals surface area contributed by atoms with Gasteiger partial charge in [0, 0.05) is 18.2 Å². The fourth-order valence-electron chi connectivity index (χ4n) is 3.26. The third-order valence-electron chi connectivity index (χ3n) is 4.95. The summed E-state index contributed by atoms with van der Waals surface area (Å²) < 4.78 is 21.4. The number of ether oxygens (including phenoxy) is 4.